The first-order valence-electron chi connectivity index (χ1n) is 7.68. The number of carbonyl (C=O) groups excluding carboxylic acids is 2. The molecule has 0 unspecified atom stereocenters. The third-order valence-electron chi connectivity index (χ3n) is 3.20. The monoisotopic (exact) mass is 328 g/mol. The second-order valence-electron chi connectivity index (χ2n) is 5.78. The predicted molar refractivity (Wildman–Crippen MR) is 87.6 cm³/mol. The van der Waals surface area contributed by atoms with E-state index < -0.39 is 11.9 Å². The van der Waals surface area contributed by atoms with Crippen molar-refractivity contribution in [3.63, 3.8) is 0 Å². The Hall–Kier alpha value is -2.73. The number of nitrogens with one attached hydrogen (secondary N) is 1. The minimum Gasteiger partial charge on any atom is -0.335 e. The smallest absolute Gasteiger partial charge is 0.335 e. The first kappa shape index (κ1) is 17.6. The summed E-state index contributed by atoms with van der Waals surface area (Å²) in [5.74, 6) is -0.654. The molecule has 6 heteroatoms. The highest BCUT2D eigenvalue weighted by Gasteiger charge is 2.10. The van der Waals surface area contributed by atoms with Gasteiger partial charge in [0.15, 0.2) is 0 Å². The minimum atomic E-state index is -0.686. The highest BCUT2D eigenvalue weighted by Crippen LogP contribution is 2.10. The van der Waals surface area contributed by atoms with Crippen molar-refractivity contribution in [3.8, 4) is 0 Å². The van der Waals surface area contributed by atoms with E-state index in [0.717, 1.165) is 12.0 Å². The molecule has 6 nitrogen and oxygen atoms in total. The third kappa shape index (κ3) is 5.81. The van der Waals surface area contributed by atoms with Crippen LogP contribution in [0.25, 0.3) is 0 Å². The lowest BCUT2D eigenvalue weighted by Crippen LogP contribution is -2.25. The van der Waals surface area contributed by atoms with Crippen LogP contribution in [0.5, 0.6) is 0 Å². The van der Waals surface area contributed by atoms with Gasteiger partial charge in [0.25, 0.3) is 0 Å². The zero-order chi connectivity index (χ0) is 17.4. The first-order chi connectivity index (χ1) is 11.5. The van der Waals surface area contributed by atoms with Crippen LogP contribution >= 0.6 is 0 Å². The third-order valence-corrected chi connectivity index (χ3v) is 3.20. The van der Waals surface area contributed by atoms with Gasteiger partial charge in [-0.2, -0.15) is 0 Å². The Morgan fingerprint density at radius 1 is 1.08 bits per heavy atom. The summed E-state index contributed by atoms with van der Waals surface area (Å²) in [4.78, 5) is 36.4. The molecule has 0 amide bonds. The van der Waals surface area contributed by atoms with Gasteiger partial charge < -0.3 is 9.68 Å². The van der Waals surface area contributed by atoms with Crippen molar-refractivity contribution in [1.82, 2.24) is 10.6 Å². The highest BCUT2D eigenvalue weighted by atomic mass is 16.9. The first-order valence-corrected chi connectivity index (χ1v) is 7.68. The van der Waals surface area contributed by atoms with Crippen molar-refractivity contribution < 1.29 is 19.3 Å². The molecule has 0 aliphatic carbocycles. The zero-order valence-electron chi connectivity index (χ0n) is 13.7. The topological polar surface area (TPSA) is 77.5 Å². The number of carbonyl (C=O) groups is 2. The standard InChI is InChI=1S/C18H20N2O4/c1-13(2)10-14-5-7-15(8-6-14)11-17(21)23-20-24-18(22)16-4-3-9-19-12-16/h3-9,12-13,20H,10-11H2,1-2H3. The van der Waals surface area contributed by atoms with Gasteiger partial charge >= 0.3 is 11.9 Å². The van der Waals surface area contributed by atoms with Crippen LogP contribution in [-0.4, -0.2) is 16.9 Å². The molecule has 2 rings (SSSR count). The zero-order valence-corrected chi connectivity index (χ0v) is 13.7. The number of rotatable bonds is 7. The molecule has 126 valence electrons. The van der Waals surface area contributed by atoms with Crippen LogP contribution in [0.2, 0.25) is 0 Å². The van der Waals surface area contributed by atoms with Gasteiger partial charge in [0.2, 0.25) is 0 Å². The summed E-state index contributed by atoms with van der Waals surface area (Å²) >= 11 is 0. The fourth-order valence-corrected chi connectivity index (χ4v) is 2.11. The van der Waals surface area contributed by atoms with Gasteiger partial charge in [-0.25, -0.2) is 9.59 Å². The van der Waals surface area contributed by atoms with Gasteiger partial charge in [0, 0.05) is 18.0 Å². The van der Waals surface area contributed by atoms with Crippen LogP contribution in [0.1, 0.15) is 35.3 Å². The Bertz CT molecular complexity index is 669. The van der Waals surface area contributed by atoms with Crippen molar-refractivity contribution in [2.45, 2.75) is 26.7 Å². The van der Waals surface area contributed by atoms with Gasteiger partial charge in [0.05, 0.1) is 12.0 Å². The predicted octanol–water partition coefficient (Wildman–Crippen LogP) is 2.64. The molecule has 0 aliphatic rings. The molecule has 24 heavy (non-hydrogen) atoms. The summed E-state index contributed by atoms with van der Waals surface area (Å²) in [5, 5.41) is 0. The molecule has 1 aromatic carbocycles. The van der Waals surface area contributed by atoms with Crippen LogP contribution in [-0.2, 0) is 27.3 Å². The Morgan fingerprint density at radius 3 is 2.42 bits per heavy atom. The van der Waals surface area contributed by atoms with Crippen LogP contribution in [0, 0.1) is 5.92 Å². The average Bonchev–Trinajstić information content (AvgIpc) is 2.57. The molecule has 0 bridgehead atoms. The number of hydrogen-bond donors (Lipinski definition) is 1. The average molecular weight is 328 g/mol. The summed E-state index contributed by atoms with van der Waals surface area (Å²) < 4.78 is 0. The van der Waals surface area contributed by atoms with E-state index in [1.165, 1.54) is 24.0 Å². The fourth-order valence-electron chi connectivity index (χ4n) is 2.11. The molecule has 1 heterocycles. The van der Waals surface area contributed by atoms with E-state index in [1.54, 1.807) is 6.07 Å². The molecular weight excluding hydrogens is 308 g/mol. The normalized spacial score (nSPS) is 10.5. The van der Waals surface area contributed by atoms with Gasteiger partial charge in [-0.15, -0.1) is 0 Å². The van der Waals surface area contributed by atoms with E-state index >= 15 is 0 Å². The van der Waals surface area contributed by atoms with Crippen molar-refractivity contribution in [2.75, 3.05) is 0 Å². The van der Waals surface area contributed by atoms with Crippen molar-refractivity contribution in [1.29, 1.82) is 0 Å². The lowest BCUT2D eigenvalue weighted by atomic mass is 10.0. The lowest BCUT2D eigenvalue weighted by Gasteiger charge is -2.07. The van der Waals surface area contributed by atoms with E-state index in [4.69, 9.17) is 0 Å². The second kappa shape index (κ2) is 8.79. The summed E-state index contributed by atoms with van der Waals surface area (Å²) in [5.41, 5.74) is 4.22. The van der Waals surface area contributed by atoms with Gasteiger partial charge in [-0.05, 0) is 35.6 Å². The number of pyridine rings is 1. The Balaban J connectivity index is 1.74. The molecule has 1 N–H and O–H groups in total. The number of aromatic nitrogens is 1. The van der Waals surface area contributed by atoms with Crippen LogP contribution in [0.3, 0.4) is 0 Å². The van der Waals surface area contributed by atoms with E-state index in [1.807, 2.05) is 29.9 Å². The second-order valence-corrected chi connectivity index (χ2v) is 5.78. The van der Waals surface area contributed by atoms with E-state index in [0.29, 0.717) is 5.92 Å². The maximum atomic E-state index is 11.7. The molecule has 0 spiro atoms. The lowest BCUT2D eigenvalue weighted by molar-refractivity contribution is -0.176. The molecular formula is C18H20N2O4. The van der Waals surface area contributed by atoms with E-state index in [2.05, 4.69) is 28.5 Å². The summed E-state index contributed by atoms with van der Waals surface area (Å²) in [6.45, 7) is 4.31. The van der Waals surface area contributed by atoms with Gasteiger partial charge in [0.1, 0.15) is 0 Å². The van der Waals surface area contributed by atoms with Gasteiger partial charge in [-0.1, -0.05) is 38.1 Å². The molecule has 0 saturated carbocycles. The number of hydrogen-bond acceptors (Lipinski definition) is 6. The molecule has 0 fully saturated rings. The van der Waals surface area contributed by atoms with Crippen LogP contribution in [0.4, 0.5) is 0 Å². The maximum absolute atomic E-state index is 11.7. The van der Waals surface area contributed by atoms with Crippen LogP contribution < -0.4 is 5.64 Å². The summed E-state index contributed by atoms with van der Waals surface area (Å²) in [7, 11) is 0. The number of nitrogens with zero attached hydrogens (tertiary/aromatic N) is 1. The van der Waals surface area contributed by atoms with Crippen molar-refractivity contribution >= 4 is 11.9 Å². The summed E-state index contributed by atoms with van der Waals surface area (Å²) in [6.07, 6.45) is 3.97. The molecule has 0 radical (unpaired) electrons. The molecule has 0 atom stereocenters. The number of benzene rings is 1. The van der Waals surface area contributed by atoms with Crippen molar-refractivity contribution in [3.05, 3.63) is 65.5 Å². The highest BCUT2D eigenvalue weighted by molar-refractivity contribution is 5.88. The molecule has 0 saturated heterocycles. The SMILES string of the molecule is CC(C)Cc1ccc(CC(=O)ONOC(=O)c2cccnc2)cc1. The molecule has 1 aromatic heterocycles. The fraction of sp³-hybridized carbons (Fsp3) is 0.278. The summed E-state index contributed by atoms with van der Waals surface area (Å²) in [6, 6.07) is 10.9. The minimum absolute atomic E-state index is 0.0827. The molecule has 2 aromatic rings. The van der Waals surface area contributed by atoms with Crippen molar-refractivity contribution in [2.24, 2.45) is 5.92 Å². The Kier molecular flexibility index (Phi) is 6.45. The van der Waals surface area contributed by atoms with E-state index in [9.17, 15) is 9.59 Å². The largest absolute Gasteiger partial charge is 0.361 e. The van der Waals surface area contributed by atoms with Crippen LogP contribution in [0.15, 0.2) is 48.8 Å². The Morgan fingerprint density at radius 2 is 1.79 bits per heavy atom. The Labute approximate surface area is 140 Å². The molecule has 0 aliphatic heterocycles. The van der Waals surface area contributed by atoms with Gasteiger partial charge in [-0.3, -0.25) is 4.98 Å². The van der Waals surface area contributed by atoms with E-state index in [-0.39, 0.29) is 12.0 Å². The maximum Gasteiger partial charge on any atom is 0.361 e. The quantitative estimate of drug-likeness (QED) is 0.787.